The Labute approximate surface area is 151 Å². The first-order valence-corrected chi connectivity index (χ1v) is 8.56. The minimum atomic E-state index is 0.430. The van der Waals surface area contributed by atoms with Gasteiger partial charge in [-0.25, -0.2) is 4.98 Å². The van der Waals surface area contributed by atoms with E-state index in [-0.39, 0.29) is 0 Å². The van der Waals surface area contributed by atoms with Crippen molar-refractivity contribution in [3.63, 3.8) is 0 Å². The molecule has 0 spiro atoms. The third-order valence-electron chi connectivity index (χ3n) is 2.17. The van der Waals surface area contributed by atoms with Gasteiger partial charge in [-0.15, -0.1) is 0 Å². The van der Waals surface area contributed by atoms with Crippen LogP contribution in [0.25, 0.3) is 0 Å². The van der Waals surface area contributed by atoms with Gasteiger partial charge in [0.2, 0.25) is 0 Å². The highest BCUT2D eigenvalue weighted by molar-refractivity contribution is 14.1. The Morgan fingerprint density at radius 2 is 1.83 bits per heavy atom. The van der Waals surface area contributed by atoms with Crippen molar-refractivity contribution in [2.45, 2.75) is 6.61 Å². The van der Waals surface area contributed by atoms with Gasteiger partial charge in [-0.2, -0.15) is 0 Å². The molecule has 0 unspecified atom stereocenters. The van der Waals surface area contributed by atoms with E-state index >= 15 is 0 Å². The van der Waals surface area contributed by atoms with Crippen LogP contribution in [0.5, 0.6) is 5.75 Å². The minimum Gasteiger partial charge on any atom is -0.487 e. The van der Waals surface area contributed by atoms with Crippen LogP contribution in [0.3, 0.4) is 0 Å². The Morgan fingerprint density at radius 1 is 1.17 bits per heavy atom. The predicted octanol–water partition coefficient (Wildman–Crippen LogP) is 5.13. The molecule has 0 fully saturated rings. The van der Waals surface area contributed by atoms with Gasteiger partial charge in [0.05, 0.1) is 7.14 Å². The number of nitrogens with zero attached hydrogens (tertiary/aromatic N) is 1. The van der Waals surface area contributed by atoms with Gasteiger partial charge in [0.25, 0.3) is 0 Å². The average molecular weight is 597 g/mol. The van der Waals surface area contributed by atoms with Crippen LogP contribution in [0.1, 0.15) is 5.56 Å². The highest BCUT2D eigenvalue weighted by atomic mass is 127. The summed E-state index contributed by atoms with van der Waals surface area (Å²) in [6.07, 6.45) is 1.67. The van der Waals surface area contributed by atoms with Gasteiger partial charge in [-0.3, -0.25) is 0 Å². The molecule has 1 aromatic carbocycles. The van der Waals surface area contributed by atoms with E-state index in [9.17, 15) is 0 Å². The molecule has 0 atom stereocenters. The fourth-order valence-electron chi connectivity index (χ4n) is 1.34. The second-order valence-electron chi connectivity index (χ2n) is 3.44. The van der Waals surface area contributed by atoms with Gasteiger partial charge in [0.1, 0.15) is 17.5 Å². The largest absolute Gasteiger partial charge is 0.487 e. The van der Waals surface area contributed by atoms with E-state index in [1.54, 1.807) is 6.20 Å². The van der Waals surface area contributed by atoms with Gasteiger partial charge in [0, 0.05) is 15.3 Å². The molecular formula is C12H7ClI3NO. The zero-order chi connectivity index (χ0) is 13.1. The Morgan fingerprint density at radius 3 is 2.44 bits per heavy atom. The van der Waals surface area contributed by atoms with E-state index in [1.807, 2.05) is 12.1 Å². The Hall–Kier alpha value is 0.650. The van der Waals surface area contributed by atoms with Crippen LogP contribution in [-0.4, -0.2) is 4.98 Å². The molecule has 2 rings (SSSR count). The molecule has 94 valence electrons. The van der Waals surface area contributed by atoms with Crippen molar-refractivity contribution in [1.82, 2.24) is 4.98 Å². The Bertz CT molecular complexity index is 554. The summed E-state index contributed by atoms with van der Waals surface area (Å²) in [5.74, 6) is 0.900. The van der Waals surface area contributed by atoms with Gasteiger partial charge >= 0.3 is 0 Å². The van der Waals surface area contributed by atoms with Crippen molar-refractivity contribution in [2.24, 2.45) is 0 Å². The molecule has 0 aliphatic carbocycles. The van der Waals surface area contributed by atoms with Crippen LogP contribution in [0.15, 0.2) is 30.5 Å². The van der Waals surface area contributed by atoms with Crippen LogP contribution >= 0.6 is 79.4 Å². The van der Waals surface area contributed by atoms with Crippen molar-refractivity contribution in [3.05, 3.63) is 51.9 Å². The molecule has 6 heteroatoms. The summed E-state index contributed by atoms with van der Waals surface area (Å²) in [5.41, 5.74) is 0.893. The van der Waals surface area contributed by atoms with Crippen molar-refractivity contribution in [1.29, 1.82) is 0 Å². The summed E-state index contributed by atoms with van der Waals surface area (Å²) in [6.45, 7) is 0.430. The maximum absolute atomic E-state index is 6.00. The van der Waals surface area contributed by atoms with Crippen LogP contribution in [-0.2, 0) is 6.61 Å². The quantitative estimate of drug-likeness (QED) is 0.362. The van der Waals surface area contributed by atoms with E-state index in [0.717, 1.165) is 18.5 Å². The lowest BCUT2D eigenvalue weighted by molar-refractivity contribution is 0.301. The van der Waals surface area contributed by atoms with E-state index < -0.39 is 0 Å². The first kappa shape index (κ1) is 15.0. The summed E-state index contributed by atoms with van der Waals surface area (Å²) in [6, 6.07) is 7.95. The smallest absolute Gasteiger partial charge is 0.146 e. The molecule has 0 aliphatic heterocycles. The monoisotopic (exact) mass is 597 g/mol. The lowest BCUT2D eigenvalue weighted by atomic mass is 10.3. The summed E-state index contributed by atoms with van der Waals surface area (Å²) in [7, 11) is 0. The minimum absolute atomic E-state index is 0.430. The van der Waals surface area contributed by atoms with E-state index in [0.29, 0.717) is 11.8 Å². The van der Waals surface area contributed by atoms with Crippen molar-refractivity contribution in [3.8, 4) is 5.75 Å². The van der Waals surface area contributed by atoms with Crippen LogP contribution in [0, 0.1) is 10.7 Å². The van der Waals surface area contributed by atoms with Crippen LogP contribution in [0.4, 0.5) is 0 Å². The third-order valence-corrected chi connectivity index (χ3v) is 4.74. The maximum atomic E-state index is 6.00. The van der Waals surface area contributed by atoms with E-state index in [4.69, 9.17) is 16.3 Å². The van der Waals surface area contributed by atoms with Crippen LogP contribution in [0.2, 0.25) is 5.15 Å². The SMILES string of the molecule is Clc1ncccc1COc1c(I)cc(I)cc1I. The van der Waals surface area contributed by atoms with Gasteiger partial charge < -0.3 is 4.74 Å². The molecule has 1 heterocycles. The lowest BCUT2D eigenvalue weighted by Crippen LogP contribution is -2.00. The number of hydrogen-bond acceptors (Lipinski definition) is 2. The first-order chi connectivity index (χ1) is 8.58. The normalized spacial score (nSPS) is 10.4. The molecule has 0 aliphatic rings. The fourth-order valence-corrected chi connectivity index (χ4v) is 5.41. The summed E-state index contributed by atoms with van der Waals surface area (Å²) in [4.78, 5) is 4.03. The number of benzene rings is 1. The predicted molar refractivity (Wildman–Crippen MR) is 98.2 cm³/mol. The topological polar surface area (TPSA) is 22.1 Å². The maximum Gasteiger partial charge on any atom is 0.146 e. The van der Waals surface area contributed by atoms with Gasteiger partial charge in [-0.1, -0.05) is 17.7 Å². The highest BCUT2D eigenvalue weighted by Gasteiger charge is 2.09. The second-order valence-corrected chi connectivity index (χ2v) is 7.37. The number of ether oxygens (including phenoxy) is 1. The van der Waals surface area contributed by atoms with Crippen LogP contribution < -0.4 is 4.74 Å². The molecule has 2 aromatic rings. The average Bonchev–Trinajstić information content (AvgIpc) is 2.30. The lowest BCUT2D eigenvalue weighted by Gasteiger charge is -2.11. The standard InChI is InChI=1S/C12H7ClI3NO/c13-12-7(2-1-3-17-12)6-18-11-9(15)4-8(14)5-10(11)16/h1-5H,6H2. The van der Waals surface area contributed by atoms with Crippen molar-refractivity contribution >= 4 is 79.4 Å². The number of hydrogen-bond donors (Lipinski definition) is 0. The molecule has 0 N–H and O–H groups in total. The van der Waals surface area contributed by atoms with E-state index in [2.05, 4.69) is 84.9 Å². The second kappa shape index (κ2) is 6.89. The molecule has 0 radical (unpaired) electrons. The highest BCUT2D eigenvalue weighted by Crippen LogP contribution is 2.30. The van der Waals surface area contributed by atoms with Gasteiger partial charge in [0.15, 0.2) is 0 Å². The summed E-state index contributed by atoms with van der Waals surface area (Å²) in [5, 5.41) is 0.494. The molecule has 1 aromatic heterocycles. The fraction of sp³-hybridized carbons (Fsp3) is 0.0833. The molecule has 0 amide bonds. The zero-order valence-corrected chi connectivity index (χ0v) is 16.2. The van der Waals surface area contributed by atoms with Gasteiger partial charge in [-0.05, 0) is 86.0 Å². The Balaban J connectivity index is 2.19. The van der Waals surface area contributed by atoms with E-state index in [1.165, 1.54) is 3.57 Å². The summed E-state index contributed by atoms with van der Waals surface area (Å²) < 4.78 is 9.25. The summed E-state index contributed by atoms with van der Waals surface area (Å²) >= 11 is 12.9. The molecular weight excluding hydrogens is 590 g/mol. The zero-order valence-electron chi connectivity index (χ0n) is 8.96. The molecule has 0 saturated carbocycles. The Kier molecular flexibility index (Phi) is 5.76. The number of pyridine rings is 1. The van der Waals surface area contributed by atoms with Crippen molar-refractivity contribution in [2.75, 3.05) is 0 Å². The molecule has 2 nitrogen and oxygen atoms in total. The molecule has 18 heavy (non-hydrogen) atoms. The van der Waals surface area contributed by atoms with Crippen molar-refractivity contribution < 1.29 is 4.74 Å². The number of aromatic nitrogens is 1. The number of halogens is 4. The molecule has 0 saturated heterocycles. The number of rotatable bonds is 3. The molecule has 0 bridgehead atoms. The first-order valence-electron chi connectivity index (χ1n) is 4.94. The third kappa shape index (κ3) is 3.83.